The van der Waals surface area contributed by atoms with Gasteiger partial charge in [0.1, 0.15) is 5.82 Å². The number of hydrogen-bond acceptors (Lipinski definition) is 3. The maximum Gasteiger partial charge on any atom is 0.225 e. The molecule has 100 valence electrons. The third-order valence-corrected chi connectivity index (χ3v) is 2.57. The van der Waals surface area contributed by atoms with Crippen LogP contribution in [0.5, 0.6) is 0 Å². The number of nitrogens with one attached hydrogen (secondary N) is 1. The van der Waals surface area contributed by atoms with Crippen molar-refractivity contribution in [2.24, 2.45) is 5.73 Å². The van der Waals surface area contributed by atoms with E-state index < -0.39 is 0 Å². The molecule has 0 aliphatic carbocycles. The first-order valence-corrected chi connectivity index (χ1v) is 6.06. The third-order valence-electron chi connectivity index (χ3n) is 2.57. The van der Waals surface area contributed by atoms with Gasteiger partial charge in [-0.25, -0.2) is 4.39 Å². The zero-order valence-electron chi connectivity index (χ0n) is 10.7. The Morgan fingerprint density at radius 2 is 2.22 bits per heavy atom. The second kappa shape index (κ2) is 7.79. The minimum absolute atomic E-state index is 0.111. The van der Waals surface area contributed by atoms with Gasteiger partial charge in [-0.15, -0.1) is 0 Å². The highest BCUT2D eigenvalue weighted by atomic mass is 19.1. The third kappa shape index (κ3) is 5.75. The molecule has 1 aromatic rings. The normalized spacial score (nSPS) is 10.7. The van der Waals surface area contributed by atoms with Crippen LogP contribution in [0.25, 0.3) is 0 Å². The van der Waals surface area contributed by atoms with Crippen LogP contribution < -0.4 is 11.1 Å². The Bertz CT molecular complexity index is 384. The van der Waals surface area contributed by atoms with Crippen molar-refractivity contribution in [3.05, 3.63) is 30.1 Å². The molecule has 0 radical (unpaired) electrons. The molecular formula is C13H20FN3O. The van der Waals surface area contributed by atoms with E-state index in [0.717, 1.165) is 13.0 Å². The lowest BCUT2D eigenvalue weighted by Gasteiger charge is -2.15. The number of carbonyl (C=O) groups is 1. The fourth-order valence-electron chi connectivity index (χ4n) is 1.56. The molecule has 3 N–H and O–H groups in total. The average molecular weight is 253 g/mol. The lowest BCUT2D eigenvalue weighted by atomic mass is 10.3. The minimum Gasteiger partial charge on any atom is -0.330 e. The fraction of sp³-hybridized carbons (Fsp3) is 0.462. The van der Waals surface area contributed by atoms with Gasteiger partial charge in [-0.05, 0) is 44.8 Å². The quantitative estimate of drug-likeness (QED) is 0.773. The Balaban J connectivity index is 2.29. The number of anilines is 1. The van der Waals surface area contributed by atoms with Crippen LogP contribution >= 0.6 is 0 Å². The van der Waals surface area contributed by atoms with Crippen molar-refractivity contribution in [1.82, 2.24) is 4.90 Å². The van der Waals surface area contributed by atoms with Gasteiger partial charge in [0.05, 0.1) is 0 Å². The number of rotatable bonds is 7. The molecule has 0 atom stereocenters. The largest absolute Gasteiger partial charge is 0.330 e. The van der Waals surface area contributed by atoms with Crippen molar-refractivity contribution in [3.63, 3.8) is 0 Å². The molecule has 0 spiro atoms. The van der Waals surface area contributed by atoms with Crippen molar-refractivity contribution in [2.45, 2.75) is 12.8 Å². The minimum atomic E-state index is -0.354. The number of amides is 1. The Morgan fingerprint density at radius 3 is 2.89 bits per heavy atom. The molecule has 1 amide bonds. The summed E-state index contributed by atoms with van der Waals surface area (Å²) in [4.78, 5) is 13.7. The molecule has 4 nitrogen and oxygen atoms in total. The standard InChI is InChI=1S/C13H20FN3O/c1-17(8-3-7-15)9-6-13(18)16-12-5-2-4-11(14)10-12/h2,4-5,10H,3,6-9,15H2,1H3,(H,16,18). The topological polar surface area (TPSA) is 58.4 Å². The SMILES string of the molecule is CN(CCCN)CCC(=O)Nc1cccc(F)c1. The lowest BCUT2D eigenvalue weighted by molar-refractivity contribution is -0.116. The molecule has 1 rings (SSSR count). The summed E-state index contributed by atoms with van der Waals surface area (Å²) in [5.74, 6) is -0.465. The Hall–Kier alpha value is -1.46. The van der Waals surface area contributed by atoms with Crippen molar-refractivity contribution in [3.8, 4) is 0 Å². The maximum absolute atomic E-state index is 12.9. The molecule has 0 saturated heterocycles. The van der Waals surface area contributed by atoms with Crippen LogP contribution in [0, 0.1) is 5.82 Å². The molecule has 0 fully saturated rings. The Morgan fingerprint density at radius 1 is 1.44 bits per heavy atom. The Kier molecular flexibility index (Phi) is 6.32. The van der Waals surface area contributed by atoms with Gasteiger partial charge >= 0.3 is 0 Å². The number of carbonyl (C=O) groups excluding carboxylic acids is 1. The molecule has 0 aliphatic heterocycles. The molecule has 0 unspecified atom stereocenters. The highest BCUT2D eigenvalue weighted by Gasteiger charge is 2.05. The van der Waals surface area contributed by atoms with Gasteiger partial charge in [0.15, 0.2) is 0 Å². The highest BCUT2D eigenvalue weighted by Crippen LogP contribution is 2.09. The first-order chi connectivity index (χ1) is 8.61. The van der Waals surface area contributed by atoms with Gasteiger partial charge < -0.3 is 16.0 Å². The summed E-state index contributed by atoms with van der Waals surface area (Å²) in [5.41, 5.74) is 5.90. The summed E-state index contributed by atoms with van der Waals surface area (Å²) in [6.07, 6.45) is 1.31. The molecule has 0 saturated carbocycles. The number of halogens is 1. The second-order valence-corrected chi connectivity index (χ2v) is 4.25. The molecule has 1 aromatic carbocycles. The van der Waals surface area contributed by atoms with Crippen LogP contribution in [-0.2, 0) is 4.79 Å². The van der Waals surface area contributed by atoms with E-state index in [1.807, 2.05) is 7.05 Å². The average Bonchev–Trinajstić information content (AvgIpc) is 2.34. The van der Waals surface area contributed by atoms with Gasteiger partial charge in [-0.2, -0.15) is 0 Å². The van der Waals surface area contributed by atoms with Gasteiger partial charge in [-0.1, -0.05) is 6.07 Å². The first kappa shape index (κ1) is 14.6. The van der Waals surface area contributed by atoms with E-state index in [-0.39, 0.29) is 11.7 Å². The molecular weight excluding hydrogens is 233 g/mol. The molecule has 5 heteroatoms. The molecule has 0 heterocycles. The fourth-order valence-corrected chi connectivity index (χ4v) is 1.56. The van der Waals surface area contributed by atoms with Crippen molar-refractivity contribution in [2.75, 3.05) is 32.0 Å². The Labute approximate surface area is 107 Å². The van der Waals surface area contributed by atoms with Gasteiger partial charge in [0, 0.05) is 18.7 Å². The van der Waals surface area contributed by atoms with Crippen LogP contribution in [0.1, 0.15) is 12.8 Å². The number of nitrogens with two attached hydrogens (primary N) is 1. The van der Waals surface area contributed by atoms with E-state index in [4.69, 9.17) is 5.73 Å². The smallest absolute Gasteiger partial charge is 0.225 e. The monoisotopic (exact) mass is 253 g/mol. The van der Waals surface area contributed by atoms with E-state index in [2.05, 4.69) is 10.2 Å². The van der Waals surface area contributed by atoms with Gasteiger partial charge in [0.25, 0.3) is 0 Å². The van der Waals surface area contributed by atoms with Crippen LogP contribution in [0.4, 0.5) is 10.1 Å². The van der Waals surface area contributed by atoms with Crippen molar-refractivity contribution < 1.29 is 9.18 Å². The van der Waals surface area contributed by atoms with E-state index in [1.165, 1.54) is 12.1 Å². The molecule has 0 aromatic heterocycles. The van der Waals surface area contributed by atoms with Crippen molar-refractivity contribution >= 4 is 11.6 Å². The van der Waals surface area contributed by atoms with Gasteiger partial charge in [0.2, 0.25) is 5.91 Å². The van der Waals surface area contributed by atoms with Gasteiger partial charge in [-0.3, -0.25) is 4.79 Å². The first-order valence-electron chi connectivity index (χ1n) is 6.06. The number of nitrogens with zero attached hydrogens (tertiary/aromatic N) is 1. The van der Waals surface area contributed by atoms with Crippen LogP contribution in [0.2, 0.25) is 0 Å². The number of benzene rings is 1. The zero-order chi connectivity index (χ0) is 13.4. The maximum atomic E-state index is 12.9. The summed E-state index contributed by atoms with van der Waals surface area (Å²) < 4.78 is 12.9. The van der Waals surface area contributed by atoms with E-state index in [9.17, 15) is 9.18 Å². The van der Waals surface area contributed by atoms with E-state index in [1.54, 1.807) is 12.1 Å². The predicted octanol–water partition coefficient (Wildman–Crippen LogP) is 1.43. The summed E-state index contributed by atoms with van der Waals surface area (Å²) in [6, 6.07) is 5.88. The van der Waals surface area contributed by atoms with Crippen molar-refractivity contribution in [1.29, 1.82) is 0 Å². The second-order valence-electron chi connectivity index (χ2n) is 4.25. The van der Waals surface area contributed by atoms with Crippen LogP contribution in [0.15, 0.2) is 24.3 Å². The summed E-state index contributed by atoms with van der Waals surface area (Å²) in [7, 11) is 1.95. The number of hydrogen-bond donors (Lipinski definition) is 2. The van der Waals surface area contributed by atoms with Crippen LogP contribution in [0.3, 0.4) is 0 Å². The summed E-state index contributed by atoms with van der Waals surface area (Å²) in [5, 5.41) is 2.66. The zero-order valence-corrected chi connectivity index (χ0v) is 10.7. The summed E-state index contributed by atoms with van der Waals surface area (Å²) in [6.45, 7) is 2.20. The lowest BCUT2D eigenvalue weighted by Crippen LogP contribution is -2.26. The van der Waals surface area contributed by atoms with E-state index >= 15 is 0 Å². The molecule has 0 bridgehead atoms. The molecule has 0 aliphatic rings. The highest BCUT2D eigenvalue weighted by molar-refractivity contribution is 5.90. The predicted molar refractivity (Wildman–Crippen MR) is 70.8 cm³/mol. The van der Waals surface area contributed by atoms with E-state index in [0.29, 0.717) is 25.2 Å². The molecule has 18 heavy (non-hydrogen) atoms. The van der Waals surface area contributed by atoms with Crippen LogP contribution in [-0.4, -0.2) is 37.5 Å². The summed E-state index contributed by atoms with van der Waals surface area (Å²) >= 11 is 0.